The first-order chi connectivity index (χ1) is 12.5. The summed E-state index contributed by atoms with van der Waals surface area (Å²) in [5.74, 6) is 2.90. The van der Waals surface area contributed by atoms with E-state index < -0.39 is 10.0 Å². The predicted octanol–water partition coefficient (Wildman–Crippen LogP) is 1.06. The van der Waals surface area contributed by atoms with Gasteiger partial charge in [-0.15, -0.1) is 6.42 Å². The number of benzene rings is 1. The number of carbonyl (C=O) groups excluding carboxylic acids is 1. The standard InChI is InChI=1S/C18H20N4O3S/c1-2-9-20-26(24,25)16-7-5-6-14(11-16)18(23)19-12-15-13-22-10-4-3-8-17(22)21-15/h1,5-7,11,13,20H,3-4,8-10,12H2,(H,19,23). The maximum atomic E-state index is 12.4. The molecule has 136 valence electrons. The Morgan fingerprint density at radius 1 is 1.35 bits per heavy atom. The van der Waals surface area contributed by atoms with Gasteiger partial charge in [-0.25, -0.2) is 13.4 Å². The van der Waals surface area contributed by atoms with Crippen molar-refractivity contribution >= 4 is 15.9 Å². The zero-order chi connectivity index (χ0) is 18.6. The minimum absolute atomic E-state index is 0.00199. The van der Waals surface area contributed by atoms with Crippen LogP contribution >= 0.6 is 0 Å². The summed E-state index contributed by atoms with van der Waals surface area (Å²) in [6.07, 6.45) is 10.3. The minimum Gasteiger partial charge on any atom is -0.346 e. The van der Waals surface area contributed by atoms with Gasteiger partial charge in [0, 0.05) is 24.7 Å². The maximum Gasteiger partial charge on any atom is 0.251 e. The Balaban J connectivity index is 1.67. The molecule has 0 unspecified atom stereocenters. The number of sulfonamides is 1. The van der Waals surface area contributed by atoms with Crippen LogP contribution in [0.15, 0.2) is 35.4 Å². The first-order valence-corrected chi connectivity index (χ1v) is 9.84. The van der Waals surface area contributed by atoms with Gasteiger partial charge in [-0.3, -0.25) is 4.79 Å². The summed E-state index contributed by atoms with van der Waals surface area (Å²) >= 11 is 0. The molecular weight excluding hydrogens is 352 g/mol. The normalized spacial score (nSPS) is 13.7. The molecule has 2 heterocycles. The van der Waals surface area contributed by atoms with Crippen molar-refractivity contribution in [2.45, 2.75) is 37.2 Å². The monoisotopic (exact) mass is 372 g/mol. The van der Waals surface area contributed by atoms with Crippen LogP contribution in [0.4, 0.5) is 0 Å². The van der Waals surface area contributed by atoms with E-state index in [2.05, 4.69) is 25.5 Å². The van der Waals surface area contributed by atoms with E-state index in [1.54, 1.807) is 6.07 Å². The van der Waals surface area contributed by atoms with Gasteiger partial charge in [-0.2, -0.15) is 4.72 Å². The molecule has 1 amide bonds. The molecule has 2 aromatic rings. The molecule has 1 aliphatic rings. The largest absolute Gasteiger partial charge is 0.346 e. The van der Waals surface area contributed by atoms with Crippen LogP contribution in [-0.4, -0.2) is 30.4 Å². The number of amides is 1. The molecule has 0 bridgehead atoms. The Kier molecular flexibility index (Phi) is 5.40. The van der Waals surface area contributed by atoms with Gasteiger partial charge in [-0.05, 0) is 31.0 Å². The molecule has 0 saturated heterocycles. The Morgan fingerprint density at radius 3 is 2.96 bits per heavy atom. The fraction of sp³-hybridized carbons (Fsp3) is 0.333. The highest BCUT2D eigenvalue weighted by atomic mass is 32.2. The number of rotatable bonds is 6. The van der Waals surface area contributed by atoms with Gasteiger partial charge in [0.05, 0.1) is 23.7 Å². The van der Waals surface area contributed by atoms with Gasteiger partial charge in [0.2, 0.25) is 10.0 Å². The van der Waals surface area contributed by atoms with Crippen molar-refractivity contribution in [1.82, 2.24) is 19.6 Å². The highest BCUT2D eigenvalue weighted by Crippen LogP contribution is 2.15. The highest BCUT2D eigenvalue weighted by Gasteiger charge is 2.16. The number of imidazole rings is 1. The molecule has 1 aromatic heterocycles. The van der Waals surface area contributed by atoms with Crippen molar-refractivity contribution in [2.75, 3.05) is 6.54 Å². The third kappa shape index (κ3) is 4.12. The van der Waals surface area contributed by atoms with Gasteiger partial charge in [0.15, 0.2) is 0 Å². The third-order valence-corrected chi connectivity index (χ3v) is 5.56. The van der Waals surface area contributed by atoms with Crippen LogP contribution in [0.25, 0.3) is 0 Å². The number of aryl methyl sites for hydroxylation is 2. The van der Waals surface area contributed by atoms with E-state index >= 15 is 0 Å². The number of hydrogen-bond acceptors (Lipinski definition) is 4. The first-order valence-electron chi connectivity index (χ1n) is 8.36. The van der Waals surface area contributed by atoms with Gasteiger partial charge < -0.3 is 9.88 Å². The van der Waals surface area contributed by atoms with Crippen molar-refractivity contribution in [3.8, 4) is 12.3 Å². The molecule has 0 spiro atoms. The fourth-order valence-electron chi connectivity index (χ4n) is 2.85. The van der Waals surface area contributed by atoms with Crippen molar-refractivity contribution in [1.29, 1.82) is 0 Å². The Hall–Kier alpha value is -2.63. The quantitative estimate of drug-likeness (QED) is 0.742. The number of aromatic nitrogens is 2. The molecule has 0 atom stereocenters. The minimum atomic E-state index is -3.74. The second kappa shape index (κ2) is 7.72. The lowest BCUT2D eigenvalue weighted by Crippen LogP contribution is -2.26. The Bertz CT molecular complexity index is 934. The van der Waals surface area contributed by atoms with Crippen LogP contribution in [-0.2, 0) is 29.5 Å². The molecule has 1 aliphatic heterocycles. The van der Waals surface area contributed by atoms with Crippen LogP contribution in [0, 0.1) is 12.3 Å². The molecule has 2 N–H and O–H groups in total. The van der Waals surface area contributed by atoms with E-state index in [0.29, 0.717) is 6.54 Å². The van der Waals surface area contributed by atoms with Crippen molar-refractivity contribution < 1.29 is 13.2 Å². The Labute approximate surface area is 152 Å². The maximum absolute atomic E-state index is 12.4. The van der Waals surface area contributed by atoms with E-state index in [4.69, 9.17) is 6.42 Å². The van der Waals surface area contributed by atoms with E-state index in [-0.39, 0.29) is 22.9 Å². The summed E-state index contributed by atoms with van der Waals surface area (Å²) in [6.45, 7) is 1.15. The van der Waals surface area contributed by atoms with Crippen LogP contribution in [0.3, 0.4) is 0 Å². The van der Waals surface area contributed by atoms with Gasteiger partial charge in [0.1, 0.15) is 5.82 Å². The molecule has 3 rings (SSSR count). The van der Waals surface area contributed by atoms with Crippen LogP contribution in [0.5, 0.6) is 0 Å². The lowest BCUT2D eigenvalue weighted by Gasteiger charge is -2.11. The molecule has 7 nitrogen and oxygen atoms in total. The van der Waals surface area contributed by atoms with Crippen LogP contribution in [0.2, 0.25) is 0 Å². The summed E-state index contributed by atoms with van der Waals surface area (Å²) in [4.78, 5) is 16.9. The second-order valence-corrected chi connectivity index (χ2v) is 7.81. The molecule has 0 fully saturated rings. The average molecular weight is 372 g/mol. The lowest BCUT2D eigenvalue weighted by atomic mass is 10.2. The third-order valence-electron chi connectivity index (χ3n) is 4.16. The van der Waals surface area contributed by atoms with Gasteiger partial charge in [-0.1, -0.05) is 12.0 Å². The number of hydrogen-bond donors (Lipinski definition) is 2. The highest BCUT2D eigenvalue weighted by molar-refractivity contribution is 7.89. The van der Waals surface area contributed by atoms with Crippen LogP contribution in [0.1, 0.15) is 34.7 Å². The van der Waals surface area contributed by atoms with Gasteiger partial charge >= 0.3 is 0 Å². The summed E-state index contributed by atoms with van der Waals surface area (Å²) < 4.78 is 28.6. The first kappa shape index (κ1) is 18.2. The van der Waals surface area contributed by atoms with E-state index in [1.165, 1.54) is 18.2 Å². The molecule has 0 saturated carbocycles. The van der Waals surface area contributed by atoms with Crippen molar-refractivity contribution in [2.24, 2.45) is 0 Å². The zero-order valence-corrected chi connectivity index (χ0v) is 15.1. The van der Waals surface area contributed by atoms with Crippen molar-refractivity contribution in [3.05, 3.63) is 47.5 Å². The van der Waals surface area contributed by atoms with Crippen molar-refractivity contribution in [3.63, 3.8) is 0 Å². The van der Waals surface area contributed by atoms with E-state index in [1.807, 2.05) is 6.20 Å². The molecular formula is C18H20N4O3S. The molecule has 0 radical (unpaired) electrons. The molecule has 26 heavy (non-hydrogen) atoms. The summed E-state index contributed by atoms with van der Waals surface area (Å²) in [6, 6.07) is 5.83. The van der Waals surface area contributed by atoms with Gasteiger partial charge in [0.25, 0.3) is 5.91 Å². The smallest absolute Gasteiger partial charge is 0.251 e. The number of nitrogens with zero attached hydrogens (tertiary/aromatic N) is 2. The molecule has 8 heteroatoms. The number of terminal acetylenes is 1. The van der Waals surface area contributed by atoms with Crippen LogP contribution < -0.4 is 10.0 Å². The predicted molar refractivity (Wildman–Crippen MR) is 96.8 cm³/mol. The summed E-state index contributed by atoms with van der Waals surface area (Å²) in [5, 5.41) is 2.78. The summed E-state index contributed by atoms with van der Waals surface area (Å²) in [5.41, 5.74) is 1.06. The van der Waals surface area contributed by atoms with E-state index in [0.717, 1.165) is 37.3 Å². The second-order valence-electron chi connectivity index (χ2n) is 6.04. The molecule has 0 aliphatic carbocycles. The Morgan fingerprint density at radius 2 is 2.19 bits per heavy atom. The number of carbonyl (C=O) groups is 1. The number of nitrogens with one attached hydrogen (secondary N) is 2. The molecule has 1 aromatic carbocycles. The fourth-order valence-corrected chi connectivity index (χ4v) is 3.83. The topological polar surface area (TPSA) is 93.1 Å². The number of fused-ring (bicyclic) bond motifs is 1. The average Bonchev–Trinajstić information content (AvgIpc) is 3.07. The van der Waals surface area contributed by atoms with E-state index in [9.17, 15) is 13.2 Å². The summed E-state index contributed by atoms with van der Waals surface area (Å²) in [7, 11) is -3.74. The zero-order valence-electron chi connectivity index (χ0n) is 14.2. The SMILES string of the molecule is C#CCNS(=O)(=O)c1cccc(C(=O)NCc2cn3c(n2)CCCC3)c1. The lowest BCUT2D eigenvalue weighted by molar-refractivity contribution is 0.0950.